The number of rotatable bonds is 5. The molecule has 2 aromatic heterocycles. The van der Waals surface area contributed by atoms with E-state index in [9.17, 15) is 0 Å². The number of hydrogen-bond donors (Lipinski definition) is 1. The lowest BCUT2D eigenvalue weighted by Crippen LogP contribution is -2.02. The molecule has 130 valence electrons. The number of aromatic nitrogens is 6. The number of hydrogen-bond acceptors (Lipinski definition) is 5. The van der Waals surface area contributed by atoms with Crippen molar-refractivity contribution in [2.75, 3.05) is 5.32 Å². The van der Waals surface area contributed by atoms with E-state index in [0.29, 0.717) is 6.54 Å². The molecule has 0 aliphatic rings. The molecule has 2 aromatic carbocycles. The van der Waals surface area contributed by atoms with Crippen molar-refractivity contribution in [3.63, 3.8) is 0 Å². The third-order valence-electron chi connectivity index (χ3n) is 3.94. The van der Waals surface area contributed by atoms with Gasteiger partial charge >= 0.3 is 0 Å². The number of tetrazole rings is 1. The number of nitrogens with one attached hydrogen (secondary N) is 1. The zero-order valence-electron chi connectivity index (χ0n) is 14.0. The molecule has 0 aliphatic carbocycles. The van der Waals surface area contributed by atoms with Crippen LogP contribution in [0.25, 0.3) is 11.4 Å². The van der Waals surface area contributed by atoms with Gasteiger partial charge in [-0.2, -0.15) is 9.78 Å². The summed E-state index contributed by atoms with van der Waals surface area (Å²) in [6.07, 6.45) is 3.88. The molecular formula is C18H16BrN7. The van der Waals surface area contributed by atoms with E-state index in [1.807, 2.05) is 72.5 Å². The van der Waals surface area contributed by atoms with E-state index in [1.54, 1.807) is 4.68 Å². The smallest absolute Gasteiger partial charge is 0.153 e. The van der Waals surface area contributed by atoms with Crippen LogP contribution in [0.4, 0.5) is 5.69 Å². The summed E-state index contributed by atoms with van der Waals surface area (Å²) in [7, 11) is 0. The zero-order valence-corrected chi connectivity index (χ0v) is 15.6. The number of halogens is 1. The average Bonchev–Trinajstić information content (AvgIpc) is 3.30. The van der Waals surface area contributed by atoms with Gasteiger partial charge in [0.2, 0.25) is 0 Å². The standard InChI is InChI=1S/C18H16BrN7/c1-13-22-23-24-26(13)18-4-2-3-16(9-18)20-10-14-11-21-25(12-14)17-7-5-15(19)6-8-17/h2-9,11-12,20H,10H2,1H3. The molecule has 0 fully saturated rings. The third kappa shape index (κ3) is 3.50. The lowest BCUT2D eigenvalue weighted by atomic mass is 10.2. The predicted octanol–water partition coefficient (Wildman–Crippen LogP) is 3.53. The molecule has 0 unspecified atom stereocenters. The van der Waals surface area contributed by atoms with E-state index in [2.05, 4.69) is 41.9 Å². The average molecular weight is 410 g/mol. The minimum atomic E-state index is 0.675. The molecule has 4 aromatic rings. The zero-order chi connectivity index (χ0) is 17.9. The highest BCUT2D eigenvalue weighted by molar-refractivity contribution is 9.10. The van der Waals surface area contributed by atoms with Crippen molar-refractivity contribution in [2.24, 2.45) is 0 Å². The van der Waals surface area contributed by atoms with Gasteiger partial charge in [-0.3, -0.25) is 0 Å². The van der Waals surface area contributed by atoms with Crippen LogP contribution in [-0.4, -0.2) is 30.0 Å². The van der Waals surface area contributed by atoms with Crippen molar-refractivity contribution in [2.45, 2.75) is 13.5 Å². The minimum absolute atomic E-state index is 0.675. The summed E-state index contributed by atoms with van der Waals surface area (Å²) in [5, 5.41) is 19.4. The number of nitrogens with zero attached hydrogens (tertiary/aromatic N) is 6. The monoisotopic (exact) mass is 409 g/mol. The Kier molecular flexibility index (Phi) is 4.49. The van der Waals surface area contributed by atoms with Crippen molar-refractivity contribution < 1.29 is 0 Å². The second-order valence-corrected chi connectivity index (χ2v) is 6.73. The highest BCUT2D eigenvalue weighted by Crippen LogP contribution is 2.17. The molecule has 1 N–H and O–H groups in total. The normalized spacial score (nSPS) is 10.8. The van der Waals surface area contributed by atoms with Crippen molar-refractivity contribution in [3.05, 3.63) is 76.8 Å². The van der Waals surface area contributed by atoms with Gasteiger partial charge in [0.25, 0.3) is 0 Å². The number of anilines is 1. The largest absolute Gasteiger partial charge is 0.381 e. The summed E-state index contributed by atoms with van der Waals surface area (Å²) in [5.74, 6) is 0.748. The molecule has 0 saturated heterocycles. The van der Waals surface area contributed by atoms with Gasteiger partial charge in [0.15, 0.2) is 5.82 Å². The van der Waals surface area contributed by atoms with Crippen LogP contribution >= 0.6 is 15.9 Å². The Morgan fingerprint density at radius 3 is 2.69 bits per heavy atom. The second kappa shape index (κ2) is 7.09. The van der Waals surface area contributed by atoms with Crippen LogP contribution < -0.4 is 5.32 Å². The molecule has 0 atom stereocenters. The van der Waals surface area contributed by atoms with Gasteiger partial charge in [-0.15, -0.1) is 5.10 Å². The summed E-state index contributed by atoms with van der Waals surface area (Å²) in [4.78, 5) is 0. The Hall–Kier alpha value is -3.00. The van der Waals surface area contributed by atoms with Crippen LogP contribution in [0, 0.1) is 6.92 Å². The number of benzene rings is 2. The van der Waals surface area contributed by atoms with Crippen LogP contribution in [0.15, 0.2) is 65.4 Å². The van der Waals surface area contributed by atoms with E-state index in [4.69, 9.17) is 0 Å². The van der Waals surface area contributed by atoms with Gasteiger partial charge in [0.05, 0.1) is 17.6 Å². The minimum Gasteiger partial charge on any atom is -0.381 e. The van der Waals surface area contributed by atoms with Crippen LogP contribution in [-0.2, 0) is 6.54 Å². The second-order valence-electron chi connectivity index (χ2n) is 5.81. The molecule has 0 bridgehead atoms. The summed E-state index contributed by atoms with van der Waals surface area (Å²) >= 11 is 3.44. The molecule has 8 heteroatoms. The Balaban J connectivity index is 1.46. The summed E-state index contributed by atoms with van der Waals surface area (Å²) in [6, 6.07) is 16.0. The number of aryl methyl sites for hydroxylation is 1. The Morgan fingerprint density at radius 1 is 1.08 bits per heavy atom. The Morgan fingerprint density at radius 2 is 1.92 bits per heavy atom. The maximum absolute atomic E-state index is 4.43. The van der Waals surface area contributed by atoms with Gasteiger partial charge in [-0.1, -0.05) is 22.0 Å². The summed E-state index contributed by atoms with van der Waals surface area (Å²) in [5.41, 5.74) is 4.03. The molecule has 4 rings (SSSR count). The third-order valence-corrected chi connectivity index (χ3v) is 4.47. The fourth-order valence-electron chi connectivity index (χ4n) is 2.61. The van der Waals surface area contributed by atoms with Gasteiger partial charge in [-0.25, -0.2) is 4.68 Å². The highest BCUT2D eigenvalue weighted by atomic mass is 79.9. The summed E-state index contributed by atoms with van der Waals surface area (Å²) < 4.78 is 4.62. The first-order valence-electron chi connectivity index (χ1n) is 8.08. The van der Waals surface area contributed by atoms with Crippen LogP contribution in [0.5, 0.6) is 0 Å². The predicted molar refractivity (Wildman–Crippen MR) is 102 cm³/mol. The topological polar surface area (TPSA) is 73.5 Å². The Bertz CT molecular complexity index is 1020. The first kappa shape index (κ1) is 16.5. The molecule has 7 nitrogen and oxygen atoms in total. The van der Waals surface area contributed by atoms with Crippen molar-refractivity contribution in [1.29, 1.82) is 0 Å². The first-order chi connectivity index (χ1) is 12.7. The molecule has 0 aliphatic heterocycles. The Labute approximate surface area is 158 Å². The molecule has 0 spiro atoms. The van der Waals surface area contributed by atoms with Crippen LogP contribution in [0.2, 0.25) is 0 Å². The molecule has 26 heavy (non-hydrogen) atoms. The van der Waals surface area contributed by atoms with E-state index in [0.717, 1.165) is 32.9 Å². The fraction of sp³-hybridized carbons (Fsp3) is 0.111. The van der Waals surface area contributed by atoms with E-state index < -0.39 is 0 Å². The van der Waals surface area contributed by atoms with E-state index in [-0.39, 0.29) is 0 Å². The SMILES string of the molecule is Cc1nnnn1-c1cccc(NCc2cnn(-c3ccc(Br)cc3)c2)c1. The van der Waals surface area contributed by atoms with Crippen LogP contribution in [0.3, 0.4) is 0 Å². The maximum atomic E-state index is 4.43. The van der Waals surface area contributed by atoms with Gasteiger partial charge in [-0.05, 0) is 59.8 Å². The first-order valence-corrected chi connectivity index (χ1v) is 8.87. The van der Waals surface area contributed by atoms with Gasteiger partial charge in [0, 0.05) is 28.5 Å². The molecule has 2 heterocycles. The van der Waals surface area contributed by atoms with Gasteiger partial charge < -0.3 is 5.32 Å². The van der Waals surface area contributed by atoms with E-state index in [1.165, 1.54) is 0 Å². The van der Waals surface area contributed by atoms with E-state index >= 15 is 0 Å². The molecule has 0 saturated carbocycles. The quantitative estimate of drug-likeness (QED) is 0.545. The fourth-order valence-corrected chi connectivity index (χ4v) is 2.87. The van der Waals surface area contributed by atoms with Crippen LogP contribution in [0.1, 0.15) is 11.4 Å². The van der Waals surface area contributed by atoms with Crippen molar-refractivity contribution in [1.82, 2.24) is 30.0 Å². The van der Waals surface area contributed by atoms with Gasteiger partial charge in [0.1, 0.15) is 0 Å². The summed E-state index contributed by atoms with van der Waals surface area (Å²) in [6.45, 7) is 2.55. The lowest BCUT2D eigenvalue weighted by Gasteiger charge is -2.07. The van der Waals surface area contributed by atoms with Crippen molar-refractivity contribution >= 4 is 21.6 Å². The lowest BCUT2D eigenvalue weighted by molar-refractivity contribution is 0.779. The van der Waals surface area contributed by atoms with Crippen molar-refractivity contribution in [3.8, 4) is 11.4 Å². The maximum Gasteiger partial charge on any atom is 0.153 e. The highest BCUT2D eigenvalue weighted by Gasteiger charge is 2.05. The molecular weight excluding hydrogens is 394 g/mol. The molecule has 0 amide bonds. The molecule has 0 radical (unpaired) electrons.